The van der Waals surface area contributed by atoms with Crippen LogP contribution in [-0.2, 0) is 4.79 Å². The number of rotatable bonds is 8. The van der Waals surface area contributed by atoms with Crippen molar-refractivity contribution >= 4 is 30.1 Å². The highest BCUT2D eigenvalue weighted by Gasteiger charge is 2.11. The van der Waals surface area contributed by atoms with Crippen molar-refractivity contribution in [2.45, 2.75) is 6.92 Å². The number of hydrazone groups is 1. The maximum Gasteiger partial charge on any atom is 0.343 e. The lowest BCUT2D eigenvalue weighted by atomic mass is 10.1. The highest BCUT2D eigenvalue weighted by atomic mass is 16.5. The predicted octanol–water partition coefficient (Wildman–Crippen LogP) is 5.60. The lowest BCUT2D eigenvalue weighted by Gasteiger charge is -2.08. The van der Waals surface area contributed by atoms with E-state index in [1.807, 2.05) is 25.1 Å². The Bertz CT molecular complexity index is 1490. The molecule has 0 aliphatic heterocycles. The van der Waals surface area contributed by atoms with E-state index in [9.17, 15) is 14.4 Å². The molecule has 0 heterocycles. The first-order valence-corrected chi connectivity index (χ1v) is 11.7. The second-order valence-corrected chi connectivity index (χ2v) is 8.15. The number of benzene rings is 4. The molecule has 4 aromatic rings. The first kappa shape index (κ1) is 25.8. The Morgan fingerprint density at radius 1 is 0.684 bits per heavy atom. The van der Waals surface area contributed by atoms with Gasteiger partial charge in [-0.2, -0.15) is 5.10 Å². The molecule has 0 fully saturated rings. The standard InChI is InChI=1S/C31H24N2O5/c1-22-15-17-25(18-16-22)31(36)38-27-13-7-5-9-23(27)19-20-29(34)37-28-14-8-6-12-26(28)21-32-33-30(35)24-10-3-2-4-11-24/h2-21H,1H3,(H,33,35). The fourth-order valence-electron chi connectivity index (χ4n) is 3.35. The molecule has 0 aliphatic rings. The Morgan fingerprint density at radius 2 is 1.29 bits per heavy atom. The zero-order chi connectivity index (χ0) is 26.7. The number of amides is 1. The second-order valence-electron chi connectivity index (χ2n) is 8.15. The van der Waals surface area contributed by atoms with E-state index in [2.05, 4.69) is 10.5 Å². The molecule has 38 heavy (non-hydrogen) atoms. The Kier molecular flexibility index (Phi) is 8.55. The first-order valence-electron chi connectivity index (χ1n) is 11.7. The first-order chi connectivity index (χ1) is 18.5. The molecule has 0 aromatic heterocycles. The van der Waals surface area contributed by atoms with Crippen LogP contribution in [0.1, 0.15) is 37.4 Å². The van der Waals surface area contributed by atoms with E-state index in [0.29, 0.717) is 28.0 Å². The van der Waals surface area contributed by atoms with Gasteiger partial charge in [0, 0.05) is 22.8 Å². The van der Waals surface area contributed by atoms with E-state index in [0.717, 1.165) is 5.56 Å². The summed E-state index contributed by atoms with van der Waals surface area (Å²) in [6.07, 6.45) is 4.15. The summed E-state index contributed by atoms with van der Waals surface area (Å²) in [6, 6.07) is 29.4. The Hall–Kier alpha value is -5.30. The van der Waals surface area contributed by atoms with Crippen molar-refractivity contribution < 1.29 is 23.9 Å². The average molecular weight is 505 g/mol. The summed E-state index contributed by atoms with van der Waals surface area (Å²) in [5.74, 6) is -0.927. The molecule has 1 amide bonds. The number of para-hydroxylation sites is 2. The van der Waals surface area contributed by atoms with Gasteiger partial charge in [0.15, 0.2) is 0 Å². The van der Waals surface area contributed by atoms with Gasteiger partial charge >= 0.3 is 11.9 Å². The molecule has 4 rings (SSSR count). The van der Waals surface area contributed by atoms with Crippen molar-refractivity contribution in [3.63, 3.8) is 0 Å². The van der Waals surface area contributed by atoms with Crippen molar-refractivity contribution in [1.29, 1.82) is 0 Å². The second kappa shape index (κ2) is 12.6. The molecule has 0 spiro atoms. The van der Waals surface area contributed by atoms with Crippen LogP contribution >= 0.6 is 0 Å². The van der Waals surface area contributed by atoms with Crippen molar-refractivity contribution in [3.05, 3.63) is 137 Å². The van der Waals surface area contributed by atoms with Gasteiger partial charge in [0.2, 0.25) is 0 Å². The molecule has 7 heteroatoms. The van der Waals surface area contributed by atoms with Gasteiger partial charge in [0.25, 0.3) is 5.91 Å². The fourth-order valence-corrected chi connectivity index (χ4v) is 3.35. The average Bonchev–Trinajstić information content (AvgIpc) is 2.94. The number of hydrogen-bond donors (Lipinski definition) is 1. The topological polar surface area (TPSA) is 94.1 Å². The van der Waals surface area contributed by atoms with Gasteiger partial charge < -0.3 is 9.47 Å². The van der Waals surface area contributed by atoms with E-state index in [1.54, 1.807) is 84.9 Å². The third kappa shape index (κ3) is 7.11. The summed E-state index contributed by atoms with van der Waals surface area (Å²) >= 11 is 0. The van der Waals surface area contributed by atoms with E-state index in [1.165, 1.54) is 18.4 Å². The molecule has 4 aromatic carbocycles. The number of nitrogens with one attached hydrogen (secondary N) is 1. The number of carbonyl (C=O) groups excluding carboxylic acids is 3. The van der Waals surface area contributed by atoms with Crippen molar-refractivity contribution in [1.82, 2.24) is 5.43 Å². The van der Waals surface area contributed by atoms with Crippen LogP contribution in [0.15, 0.2) is 114 Å². The number of hydrogen-bond acceptors (Lipinski definition) is 6. The Balaban J connectivity index is 1.40. The van der Waals surface area contributed by atoms with Crippen LogP contribution in [0, 0.1) is 6.92 Å². The van der Waals surface area contributed by atoms with Crippen LogP contribution in [0.25, 0.3) is 6.08 Å². The molecule has 0 aliphatic carbocycles. The summed E-state index contributed by atoms with van der Waals surface area (Å²) in [7, 11) is 0. The summed E-state index contributed by atoms with van der Waals surface area (Å²) in [5, 5.41) is 3.97. The number of nitrogens with zero attached hydrogens (tertiary/aromatic N) is 1. The largest absolute Gasteiger partial charge is 0.423 e. The smallest absolute Gasteiger partial charge is 0.343 e. The fraction of sp³-hybridized carbons (Fsp3) is 0.0323. The number of esters is 2. The number of carbonyl (C=O) groups is 3. The predicted molar refractivity (Wildman–Crippen MR) is 145 cm³/mol. The summed E-state index contributed by atoms with van der Waals surface area (Å²) in [4.78, 5) is 37.2. The molecule has 0 radical (unpaired) electrons. The quantitative estimate of drug-likeness (QED) is 0.111. The van der Waals surface area contributed by atoms with Gasteiger partial charge in [-0.25, -0.2) is 15.0 Å². The van der Waals surface area contributed by atoms with E-state index >= 15 is 0 Å². The Morgan fingerprint density at radius 3 is 2.00 bits per heavy atom. The molecular weight excluding hydrogens is 480 g/mol. The minimum Gasteiger partial charge on any atom is -0.423 e. The molecule has 7 nitrogen and oxygen atoms in total. The van der Waals surface area contributed by atoms with Gasteiger partial charge in [0.1, 0.15) is 11.5 Å². The third-order valence-electron chi connectivity index (χ3n) is 5.34. The van der Waals surface area contributed by atoms with Crippen molar-refractivity contribution in [2.24, 2.45) is 5.10 Å². The van der Waals surface area contributed by atoms with Gasteiger partial charge in [0.05, 0.1) is 11.8 Å². The monoisotopic (exact) mass is 504 g/mol. The molecule has 188 valence electrons. The van der Waals surface area contributed by atoms with Crippen LogP contribution in [0.3, 0.4) is 0 Å². The van der Waals surface area contributed by atoms with Crippen LogP contribution in [0.5, 0.6) is 11.5 Å². The van der Waals surface area contributed by atoms with E-state index in [4.69, 9.17) is 9.47 Å². The summed E-state index contributed by atoms with van der Waals surface area (Å²) < 4.78 is 11.0. The van der Waals surface area contributed by atoms with Gasteiger partial charge in [-0.05, 0) is 55.5 Å². The Labute approximate surface area is 220 Å². The maximum absolute atomic E-state index is 12.6. The summed E-state index contributed by atoms with van der Waals surface area (Å²) in [6.45, 7) is 1.93. The summed E-state index contributed by atoms with van der Waals surface area (Å²) in [5.41, 5.74) is 5.40. The third-order valence-corrected chi connectivity index (χ3v) is 5.34. The number of ether oxygens (including phenoxy) is 2. The van der Waals surface area contributed by atoms with Gasteiger partial charge in [-0.3, -0.25) is 4.79 Å². The zero-order valence-electron chi connectivity index (χ0n) is 20.5. The normalized spacial score (nSPS) is 10.9. The zero-order valence-corrected chi connectivity index (χ0v) is 20.5. The molecule has 0 bridgehead atoms. The van der Waals surface area contributed by atoms with Crippen LogP contribution in [0.2, 0.25) is 0 Å². The van der Waals surface area contributed by atoms with Crippen molar-refractivity contribution in [3.8, 4) is 11.5 Å². The lowest BCUT2D eigenvalue weighted by molar-refractivity contribution is -0.128. The van der Waals surface area contributed by atoms with Gasteiger partial charge in [-0.15, -0.1) is 0 Å². The minimum atomic E-state index is -0.640. The SMILES string of the molecule is Cc1ccc(C(=O)Oc2ccccc2C=CC(=O)Oc2ccccc2C=NNC(=O)c2ccccc2)cc1. The highest BCUT2D eigenvalue weighted by molar-refractivity contribution is 5.96. The molecule has 0 atom stereocenters. The van der Waals surface area contributed by atoms with Crippen LogP contribution in [0.4, 0.5) is 0 Å². The van der Waals surface area contributed by atoms with Crippen LogP contribution in [-0.4, -0.2) is 24.1 Å². The maximum atomic E-state index is 12.6. The molecule has 0 unspecified atom stereocenters. The molecule has 1 N–H and O–H groups in total. The van der Waals surface area contributed by atoms with Gasteiger partial charge in [-0.1, -0.05) is 66.2 Å². The highest BCUT2D eigenvalue weighted by Crippen LogP contribution is 2.22. The van der Waals surface area contributed by atoms with Crippen molar-refractivity contribution in [2.75, 3.05) is 0 Å². The number of aryl methyl sites for hydroxylation is 1. The van der Waals surface area contributed by atoms with Crippen LogP contribution < -0.4 is 14.9 Å². The molecule has 0 saturated carbocycles. The van der Waals surface area contributed by atoms with E-state index in [-0.39, 0.29) is 11.7 Å². The van der Waals surface area contributed by atoms with E-state index < -0.39 is 11.9 Å². The molecular formula is C31H24N2O5. The molecule has 0 saturated heterocycles. The lowest BCUT2D eigenvalue weighted by Crippen LogP contribution is -2.17. The minimum absolute atomic E-state index is 0.263.